The van der Waals surface area contributed by atoms with E-state index in [-0.39, 0.29) is 10.1 Å². The van der Waals surface area contributed by atoms with Crippen molar-refractivity contribution < 1.29 is 18.3 Å². The first-order valence-corrected chi connectivity index (χ1v) is 4.17. The van der Waals surface area contributed by atoms with E-state index in [9.17, 15) is 18.3 Å². The number of hydrazone groups is 1. The average molecular weight is 249 g/mol. The predicted octanol–water partition coefficient (Wildman–Crippen LogP) is 1.86. The van der Waals surface area contributed by atoms with Gasteiger partial charge in [-0.15, -0.1) is 0 Å². The molecule has 3 nitrogen and oxygen atoms in total. The molecule has 1 heterocycles. The smallest absolute Gasteiger partial charge is 0.367 e. The van der Waals surface area contributed by atoms with E-state index in [2.05, 4.69) is 5.10 Å². The topological polar surface area (TPSA) is 35.8 Å². The molecule has 0 radical (unpaired) electrons. The van der Waals surface area contributed by atoms with Gasteiger partial charge < -0.3 is 5.11 Å². The highest BCUT2D eigenvalue weighted by Gasteiger charge is 2.35. The monoisotopic (exact) mass is 248 g/mol. The van der Waals surface area contributed by atoms with E-state index in [1.807, 2.05) is 0 Å². The minimum absolute atomic E-state index is 0.0717. The Hall–Kier alpha value is -0.460. The molecule has 1 rings (SSSR count). The maximum absolute atomic E-state index is 11.9. The van der Waals surface area contributed by atoms with Gasteiger partial charge in [-0.2, -0.15) is 18.3 Å². The molecule has 0 bridgehead atoms. The van der Waals surface area contributed by atoms with Crippen molar-refractivity contribution in [1.82, 2.24) is 5.01 Å². The predicted molar refractivity (Wildman–Crippen MR) is 46.0 cm³/mol. The Balaban J connectivity index is 2.74. The normalized spacial score (nSPS) is 23.3. The van der Waals surface area contributed by atoms with Crippen molar-refractivity contribution in [2.45, 2.75) is 12.4 Å². The second-order valence-electron chi connectivity index (χ2n) is 2.53. The summed E-state index contributed by atoms with van der Waals surface area (Å²) in [6.07, 6.45) is -5.16. The van der Waals surface area contributed by atoms with Crippen LogP contribution in [0.2, 0.25) is 0 Å². The zero-order valence-corrected chi connectivity index (χ0v) is 8.11. The maximum atomic E-state index is 11.9. The summed E-state index contributed by atoms with van der Waals surface area (Å²) in [4.78, 5) is 0. The van der Waals surface area contributed by atoms with Crippen LogP contribution < -0.4 is 0 Å². The first kappa shape index (κ1) is 11.6. The standard InChI is InChI=1S/C6H5Cl2F3N2O/c7-3-1-12-13(2-6(9,10)11)5(14)4(3)8/h1,5,14H,2H2. The zero-order chi connectivity index (χ0) is 10.9. The van der Waals surface area contributed by atoms with E-state index in [0.717, 1.165) is 6.21 Å². The Bertz CT molecular complexity index is 289. The van der Waals surface area contributed by atoms with Crippen LogP contribution in [0.25, 0.3) is 0 Å². The highest BCUT2D eigenvalue weighted by Crippen LogP contribution is 2.26. The summed E-state index contributed by atoms with van der Waals surface area (Å²) in [5, 5.41) is 12.6. The number of halogens is 5. The van der Waals surface area contributed by atoms with E-state index in [1.165, 1.54) is 0 Å². The number of hydrogen-bond donors (Lipinski definition) is 1. The SMILES string of the molecule is OC1C(Cl)=C(Cl)C=NN1CC(F)(F)F. The molecule has 0 aromatic heterocycles. The van der Waals surface area contributed by atoms with Gasteiger partial charge in [0, 0.05) is 0 Å². The van der Waals surface area contributed by atoms with E-state index >= 15 is 0 Å². The van der Waals surface area contributed by atoms with E-state index < -0.39 is 18.9 Å². The van der Waals surface area contributed by atoms with Gasteiger partial charge in [-0.1, -0.05) is 23.2 Å². The Kier molecular flexibility index (Phi) is 3.28. The third kappa shape index (κ3) is 2.76. The van der Waals surface area contributed by atoms with Gasteiger partial charge in [-0.3, -0.25) is 5.01 Å². The highest BCUT2D eigenvalue weighted by atomic mass is 35.5. The summed E-state index contributed by atoms with van der Waals surface area (Å²) in [6.45, 7) is -1.38. The van der Waals surface area contributed by atoms with Crippen molar-refractivity contribution in [2.24, 2.45) is 5.10 Å². The fraction of sp³-hybridized carbons (Fsp3) is 0.500. The van der Waals surface area contributed by atoms with Crippen molar-refractivity contribution >= 4 is 29.4 Å². The fourth-order valence-corrected chi connectivity index (χ4v) is 1.12. The lowest BCUT2D eigenvalue weighted by Crippen LogP contribution is -2.40. The van der Waals surface area contributed by atoms with Gasteiger partial charge in [-0.25, -0.2) is 0 Å². The van der Waals surface area contributed by atoms with Crippen LogP contribution in [0.5, 0.6) is 0 Å². The van der Waals surface area contributed by atoms with Crippen LogP contribution in [0.4, 0.5) is 13.2 Å². The first-order chi connectivity index (χ1) is 6.31. The van der Waals surface area contributed by atoms with Gasteiger partial charge in [0.05, 0.1) is 16.3 Å². The molecule has 1 aliphatic heterocycles. The van der Waals surface area contributed by atoms with Gasteiger partial charge in [-0.05, 0) is 0 Å². The van der Waals surface area contributed by atoms with Crippen LogP contribution in [0.3, 0.4) is 0 Å². The van der Waals surface area contributed by atoms with Crippen LogP contribution in [-0.2, 0) is 0 Å². The molecule has 0 fully saturated rings. The molecule has 0 amide bonds. The minimum atomic E-state index is -4.46. The van der Waals surface area contributed by atoms with E-state index in [4.69, 9.17) is 23.2 Å². The lowest BCUT2D eigenvalue weighted by Gasteiger charge is -2.28. The molecule has 1 atom stereocenters. The lowest BCUT2D eigenvalue weighted by atomic mass is 10.4. The Morgan fingerprint density at radius 3 is 2.57 bits per heavy atom. The van der Waals surface area contributed by atoms with Crippen LogP contribution >= 0.6 is 23.2 Å². The number of hydrogen-bond acceptors (Lipinski definition) is 3. The van der Waals surface area contributed by atoms with E-state index in [1.54, 1.807) is 0 Å². The van der Waals surface area contributed by atoms with Crippen molar-refractivity contribution in [1.29, 1.82) is 0 Å². The second-order valence-corrected chi connectivity index (χ2v) is 3.34. The molecular weight excluding hydrogens is 244 g/mol. The van der Waals surface area contributed by atoms with Crippen molar-refractivity contribution in [2.75, 3.05) is 6.54 Å². The van der Waals surface area contributed by atoms with Gasteiger partial charge >= 0.3 is 6.18 Å². The minimum Gasteiger partial charge on any atom is -0.367 e. The van der Waals surface area contributed by atoms with Crippen molar-refractivity contribution in [3.05, 3.63) is 10.1 Å². The number of alkyl halides is 3. The van der Waals surface area contributed by atoms with Crippen LogP contribution in [0, 0.1) is 0 Å². The van der Waals surface area contributed by atoms with Gasteiger partial charge in [0.25, 0.3) is 0 Å². The quantitative estimate of drug-likeness (QED) is 0.769. The van der Waals surface area contributed by atoms with Gasteiger partial charge in [0.2, 0.25) is 0 Å². The number of aliphatic hydroxyl groups is 1. The Morgan fingerprint density at radius 2 is 2.07 bits per heavy atom. The average Bonchev–Trinajstić information content (AvgIpc) is 2.04. The Labute approximate surface area is 87.4 Å². The molecule has 0 aliphatic carbocycles. The van der Waals surface area contributed by atoms with E-state index in [0.29, 0.717) is 5.01 Å². The third-order valence-corrected chi connectivity index (χ3v) is 2.19. The fourth-order valence-electron chi connectivity index (χ4n) is 0.815. The molecule has 0 saturated heterocycles. The number of allylic oxidation sites excluding steroid dienone is 1. The summed E-state index contributed by atoms with van der Waals surface area (Å²) in [6, 6.07) is 0. The maximum Gasteiger partial charge on any atom is 0.407 e. The molecular formula is C6H5Cl2F3N2O. The molecule has 1 unspecified atom stereocenters. The van der Waals surface area contributed by atoms with Crippen LogP contribution in [0.15, 0.2) is 15.2 Å². The van der Waals surface area contributed by atoms with Gasteiger partial charge in [0.15, 0.2) is 6.23 Å². The lowest BCUT2D eigenvalue weighted by molar-refractivity contribution is -0.161. The number of nitrogens with zero attached hydrogens (tertiary/aromatic N) is 2. The molecule has 14 heavy (non-hydrogen) atoms. The molecule has 1 aliphatic rings. The molecule has 0 aromatic carbocycles. The molecule has 0 saturated carbocycles. The molecule has 0 aromatic rings. The summed E-state index contributed by atoms with van der Waals surface area (Å²) in [7, 11) is 0. The summed E-state index contributed by atoms with van der Waals surface area (Å²) < 4.78 is 35.8. The van der Waals surface area contributed by atoms with Crippen LogP contribution in [0.1, 0.15) is 0 Å². The highest BCUT2D eigenvalue weighted by molar-refractivity contribution is 6.46. The summed E-state index contributed by atoms with van der Waals surface area (Å²) in [5.74, 6) is 0. The van der Waals surface area contributed by atoms with Crippen LogP contribution in [-0.4, -0.2) is 35.3 Å². The third-order valence-electron chi connectivity index (χ3n) is 1.40. The molecule has 80 valence electrons. The summed E-state index contributed by atoms with van der Waals surface area (Å²) in [5.41, 5.74) is 0. The molecule has 8 heteroatoms. The summed E-state index contributed by atoms with van der Waals surface area (Å²) >= 11 is 10.9. The first-order valence-electron chi connectivity index (χ1n) is 3.42. The van der Waals surface area contributed by atoms with Gasteiger partial charge in [0.1, 0.15) is 6.54 Å². The zero-order valence-electron chi connectivity index (χ0n) is 6.59. The van der Waals surface area contributed by atoms with Crippen molar-refractivity contribution in [3.8, 4) is 0 Å². The molecule has 0 spiro atoms. The Morgan fingerprint density at radius 1 is 1.50 bits per heavy atom. The number of rotatable bonds is 1. The number of aliphatic hydroxyl groups excluding tert-OH is 1. The molecule has 1 N–H and O–H groups in total. The van der Waals surface area contributed by atoms with Crippen molar-refractivity contribution in [3.63, 3.8) is 0 Å². The second kappa shape index (κ2) is 3.96. The largest absolute Gasteiger partial charge is 0.407 e.